The molecular formula is C9H10BrClN2O. The van der Waals surface area contributed by atoms with Crippen molar-refractivity contribution in [1.82, 2.24) is 4.98 Å². The van der Waals surface area contributed by atoms with E-state index in [4.69, 9.17) is 11.6 Å². The summed E-state index contributed by atoms with van der Waals surface area (Å²) in [6, 6.07) is 3.39. The second kappa shape index (κ2) is 4.75. The molecule has 0 saturated heterocycles. The number of hydrogen-bond donors (Lipinski definition) is 1. The summed E-state index contributed by atoms with van der Waals surface area (Å²) in [5, 5.41) is 3.07. The lowest BCUT2D eigenvalue weighted by Gasteiger charge is -2.08. The van der Waals surface area contributed by atoms with E-state index in [1.165, 1.54) is 0 Å². The van der Waals surface area contributed by atoms with Gasteiger partial charge in [0.1, 0.15) is 4.60 Å². The molecule has 0 spiro atoms. The molecule has 14 heavy (non-hydrogen) atoms. The summed E-state index contributed by atoms with van der Waals surface area (Å²) >= 11 is 9.05. The minimum absolute atomic E-state index is 0.0909. The smallest absolute Gasteiger partial charge is 0.228 e. The maximum absolute atomic E-state index is 11.4. The zero-order valence-corrected chi connectivity index (χ0v) is 10.2. The van der Waals surface area contributed by atoms with Crippen LogP contribution in [0.1, 0.15) is 13.8 Å². The quantitative estimate of drug-likeness (QED) is 0.844. The number of hydrogen-bond acceptors (Lipinski definition) is 2. The summed E-state index contributed by atoms with van der Waals surface area (Å²) in [6.07, 6.45) is 0. The lowest BCUT2D eigenvalue weighted by molar-refractivity contribution is -0.118. The predicted molar refractivity (Wildman–Crippen MR) is 60.4 cm³/mol. The molecule has 76 valence electrons. The lowest BCUT2D eigenvalue weighted by atomic mass is 10.2. The summed E-state index contributed by atoms with van der Waals surface area (Å²) in [5.74, 6) is 0.198. The standard InChI is InChI=1S/C9H10BrClN2O/c1-5(2)9(14)13-8-6(11)3-4-7(10)12-8/h3-5H,1-2H3,(H,12,13,14). The third-order valence-electron chi connectivity index (χ3n) is 1.58. The Kier molecular flexibility index (Phi) is 3.89. The van der Waals surface area contributed by atoms with E-state index in [1.54, 1.807) is 26.0 Å². The van der Waals surface area contributed by atoms with E-state index in [0.717, 1.165) is 0 Å². The van der Waals surface area contributed by atoms with Crippen LogP contribution < -0.4 is 5.32 Å². The molecule has 1 aromatic heterocycles. The molecule has 0 saturated carbocycles. The fraction of sp³-hybridized carbons (Fsp3) is 0.333. The number of amides is 1. The van der Waals surface area contributed by atoms with Crippen molar-refractivity contribution in [2.75, 3.05) is 5.32 Å². The Labute approximate surface area is 96.0 Å². The Morgan fingerprint density at radius 3 is 2.79 bits per heavy atom. The number of rotatable bonds is 2. The van der Waals surface area contributed by atoms with Crippen molar-refractivity contribution >= 4 is 39.3 Å². The average molecular weight is 278 g/mol. The van der Waals surface area contributed by atoms with Gasteiger partial charge in [0.25, 0.3) is 0 Å². The molecule has 0 radical (unpaired) electrons. The number of carbonyl (C=O) groups excluding carboxylic acids is 1. The van der Waals surface area contributed by atoms with Crippen molar-refractivity contribution in [3.63, 3.8) is 0 Å². The van der Waals surface area contributed by atoms with E-state index < -0.39 is 0 Å². The van der Waals surface area contributed by atoms with Gasteiger partial charge in [0.2, 0.25) is 5.91 Å². The van der Waals surface area contributed by atoms with Gasteiger partial charge in [-0.3, -0.25) is 4.79 Å². The van der Waals surface area contributed by atoms with Gasteiger partial charge in [0, 0.05) is 5.92 Å². The van der Waals surface area contributed by atoms with Gasteiger partial charge < -0.3 is 5.32 Å². The summed E-state index contributed by atoms with van der Waals surface area (Å²) in [6.45, 7) is 3.61. The van der Waals surface area contributed by atoms with Crippen molar-refractivity contribution in [3.8, 4) is 0 Å². The Hall–Kier alpha value is -0.610. The van der Waals surface area contributed by atoms with Crippen LogP contribution in [-0.4, -0.2) is 10.9 Å². The van der Waals surface area contributed by atoms with Crippen LogP contribution in [0, 0.1) is 5.92 Å². The normalized spacial score (nSPS) is 10.4. The van der Waals surface area contributed by atoms with Crippen LogP contribution in [0.2, 0.25) is 5.02 Å². The Balaban J connectivity index is 2.86. The number of aromatic nitrogens is 1. The van der Waals surface area contributed by atoms with Gasteiger partial charge in [-0.15, -0.1) is 0 Å². The number of carbonyl (C=O) groups is 1. The average Bonchev–Trinajstić information content (AvgIpc) is 2.11. The SMILES string of the molecule is CC(C)C(=O)Nc1nc(Br)ccc1Cl. The molecule has 1 heterocycles. The van der Waals surface area contributed by atoms with Crippen LogP contribution >= 0.6 is 27.5 Å². The molecule has 0 aliphatic heterocycles. The molecule has 1 N–H and O–H groups in total. The van der Waals surface area contributed by atoms with Gasteiger partial charge in [0.05, 0.1) is 5.02 Å². The van der Waals surface area contributed by atoms with Crippen LogP contribution in [0.15, 0.2) is 16.7 Å². The molecule has 0 aliphatic rings. The van der Waals surface area contributed by atoms with Gasteiger partial charge in [-0.25, -0.2) is 4.98 Å². The zero-order chi connectivity index (χ0) is 10.7. The van der Waals surface area contributed by atoms with Crippen molar-refractivity contribution in [2.24, 2.45) is 5.92 Å². The summed E-state index contributed by atoms with van der Waals surface area (Å²) in [5.41, 5.74) is 0. The molecule has 0 atom stereocenters. The van der Waals surface area contributed by atoms with Gasteiger partial charge in [0.15, 0.2) is 5.82 Å². The fourth-order valence-electron chi connectivity index (χ4n) is 0.767. The zero-order valence-electron chi connectivity index (χ0n) is 7.84. The largest absolute Gasteiger partial charge is 0.309 e. The van der Waals surface area contributed by atoms with Crippen molar-refractivity contribution in [3.05, 3.63) is 21.8 Å². The first-order valence-electron chi connectivity index (χ1n) is 4.13. The van der Waals surface area contributed by atoms with Crippen molar-refractivity contribution < 1.29 is 4.79 Å². The van der Waals surface area contributed by atoms with Gasteiger partial charge in [-0.1, -0.05) is 25.4 Å². The third-order valence-corrected chi connectivity index (χ3v) is 2.32. The lowest BCUT2D eigenvalue weighted by Crippen LogP contribution is -2.18. The van der Waals surface area contributed by atoms with Gasteiger partial charge in [-0.05, 0) is 28.1 Å². The van der Waals surface area contributed by atoms with E-state index >= 15 is 0 Å². The summed E-state index contributed by atoms with van der Waals surface area (Å²) in [4.78, 5) is 15.4. The monoisotopic (exact) mass is 276 g/mol. The van der Waals surface area contributed by atoms with Gasteiger partial charge in [-0.2, -0.15) is 0 Å². The molecule has 0 bridgehead atoms. The molecule has 5 heteroatoms. The Bertz CT molecular complexity index is 355. The maximum atomic E-state index is 11.4. The highest BCUT2D eigenvalue weighted by atomic mass is 79.9. The molecule has 3 nitrogen and oxygen atoms in total. The minimum Gasteiger partial charge on any atom is -0.309 e. The fourth-order valence-corrected chi connectivity index (χ4v) is 1.23. The van der Waals surface area contributed by atoms with Crippen molar-refractivity contribution in [1.29, 1.82) is 0 Å². The van der Waals surface area contributed by atoms with E-state index in [-0.39, 0.29) is 11.8 Å². The first kappa shape index (κ1) is 11.5. The van der Waals surface area contributed by atoms with Crippen molar-refractivity contribution in [2.45, 2.75) is 13.8 Å². The number of anilines is 1. The van der Waals surface area contributed by atoms with E-state index in [2.05, 4.69) is 26.2 Å². The Morgan fingerprint density at radius 1 is 1.57 bits per heavy atom. The minimum atomic E-state index is -0.0995. The van der Waals surface area contributed by atoms with Crippen LogP contribution in [0.25, 0.3) is 0 Å². The summed E-state index contributed by atoms with van der Waals surface area (Å²) < 4.78 is 0.640. The third kappa shape index (κ3) is 2.96. The second-order valence-electron chi connectivity index (χ2n) is 3.11. The number of nitrogens with zero attached hydrogens (tertiary/aromatic N) is 1. The molecule has 0 aliphatic carbocycles. The molecule has 0 unspecified atom stereocenters. The molecule has 0 fully saturated rings. The first-order valence-corrected chi connectivity index (χ1v) is 5.30. The Morgan fingerprint density at radius 2 is 2.21 bits per heavy atom. The highest BCUT2D eigenvalue weighted by Crippen LogP contribution is 2.22. The molecule has 1 amide bonds. The van der Waals surface area contributed by atoms with Crippen LogP contribution in [0.5, 0.6) is 0 Å². The highest BCUT2D eigenvalue weighted by Gasteiger charge is 2.10. The molecule has 1 aromatic rings. The maximum Gasteiger partial charge on any atom is 0.228 e. The van der Waals surface area contributed by atoms with E-state index in [9.17, 15) is 4.79 Å². The topological polar surface area (TPSA) is 42.0 Å². The van der Waals surface area contributed by atoms with Crippen LogP contribution in [0.4, 0.5) is 5.82 Å². The van der Waals surface area contributed by atoms with Gasteiger partial charge >= 0.3 is 0 Å². The summed E-state index contributed by atoms with van der Waals surface area (Å²) in [7, 11) is 0. The molecule has 1 rings (SSSR count). The second-order valence-corrected chi connectivity index (χ2v) is 4.33. The molecular weight excluding hydrogens is 267 g/mol. The number of pyridine rings is 1. The number of halogens is 2. The van der Waals surface area contributed by atoms with E-state index in [0.29, 0.717) is 15.4 Å². The predicted octanol–water partition coefficient (Wildman–Crippen LogP) is 3.09. The van der Waals surface area contributed by atoms with E-state index in [1.807, 2.05) is 0 Å². The number of nitrogens with one attached hydrogen (secondary N) is 1. The highest BCUT2D eigenvalue weighted by molar-refractivity contribution is 9.10. The first-order chi connectivity index (χ1) is 6.50. The van der Waals surface area contributed by atoms with Crippen LogP contribution in [0.3, 0.4) is 0 Å². The van der Waals surface area contributed by atoms with Crippen LogP contribution in [-0.2, 0) is 4.79 Å². The molecule has 0 aromatic carbocycles.